The number of nitrogens with zero attached hydrogens (tertiary/aromatic N) is 2. The molecule has 0 unspecified atom stereocenters. The number of aryl methyl sites for hydroxylation is 2. The highest BCUT2D eigenvalue weighted by atomic mass is 32.1. The molecule has 0 N–H and O–H groups in total. The van der Waals surface area contributed by atoms with Crippen LogP contribution < -0.4 is 4.57 Å². The van der Waals surface area contributed by atoms with Crippen LogP contribution in [0.5, 0.6) is 0 Å². The van der Waals surface area contributed by atoms with Crippen LogP contribution in [0, 0.1) is 19.7 Å². The molecule has 0 spiro atoms. The molecule has 0 aliphatic rings. The van der Waals surface area contributed by atoms with Crippen molar-refractivity contribution in [2.75, 3.05) is 0 Å². The molecular formula is C23H21FN2OS. The lowest BCUT2D eigenvalue weighted by molar-refractivity contribution is -0.691. The summed E-state index contributed by atoms with van der Waals surface area (Å²) in [5.41, 5.74) is 3.61. The van der Waals surface area contributed by atoms with Gasteiger partial charge in [-0.1, -0.05) is 30.3 Å². The Morgan fingerprint density at radius 3 is 2.36 bits per heavy atom. The molecule has 0 saturated heterocycles. The molecule has 0 amide bonds. The molecule has 28 heavy (non-hydrogen) atoms. The number of carbonyl (C=O) groups excluding carboxylic acids is 1. The molecule has 1 heterocycles. The Balaban J connectivity index is 1.94. The summed E-state index contributed by atoms with van der Waals surface area (Å²) >= 11 is 5.53. The van der Waals surface area contributed by atoms with Gasteiger partial charge in [-0.2, -0.15) is 4.57 Å². The molecule has 0 aliphatic carbocycles. The minimum atomic E-state index is -0.709. The highest BCUT2D eigenvalue weighted by Crippen LogP contribution is 2.16. The number of rotatable bonds is 6. The van der Waals surface area contributed by atoms with Crippen LogP contribution in [0.2, 0.25) is 0 Å². The van der Waals surface area contributed by atoms with Gasteiger partial charge in [-0.3, -0.25) is 4.79 Å². The third-order valence-electron chi connectivity index (χ3n) is 4.64. The summed E-state index contributed by atoms with van der Waals surface area (Å²) < 4.78 is 14.9. The maximum atomic E-state index is 13.3. The molecule has 3 aromatic rings. The summed E-state index contributed by atoms with van der Waals surface area (Å²) in [6.45, 7) is 4.28. The van der Waals surface area contributed by atoms with Gasteiger partial charge in [-0.25, -0.2) is 4.39 Å². The van der Waals surface area contributed by atoms with Crippen LogP contribution in [-0.4, -0.2) is 10.8 Å². The average Bonchev–Trinajstić information content (AvgIpc) is 2.70. The van der Waals surface area contributed by atoms with Crippen molar-refractivity contribution in [1.82, 2.24) is 0 Å². The SMILES string of the molecule is Cc1ccc(C(=O)[C@@H](C([S-])=NCc2ccc(F)cc2)[n+]2ccccc2)cc1C. The van der Waals surface area contributed by atoms with E-state index in [9.17, 15) is 9.18 Å². The van der Waals surface area contributed by atoms with Crippen LogP contribution in [0.1, 0.15) is 33.1 Å². The van der Waals surface area contributed by atoms with Crippen molar-refractivity contribution in [3.8, 4) is 0 Å². The monoisotopic (exact) mass is 392 g/mol. The predicted octanol–water partition coefficient (Wildman–Crippen LogP) is 4.30. The zero-order chi connectivity index (χ0) is 20.1. The summed E-state index contributed by atoms with van der Waals surface area (Å²) in [6, 6.07) is 16.6. The number of carbonyl (C=O) groups is 1. The van der Waals surface area contributed by atoms with E-state index in [4.69, 9.17) is 12.6 Å². The van der Waals surface area contributed by atoms with E-state index < -0.39 is 6.04 Å². The lowest BCUT2D eigenvalue weighted by Gasteiger charge is -2.19. The molecule has 0 aliphatic heterocycles. The van der Waals surface area contributed by atoms with E-state index in [1.54, 1.807) is 16.7 Å². The number of pyridine rings is 1. The molecule has 5 heteroatoms. The second-order valence-electron chi connectivity index (χ2n) is 6.67. The molecule has 1 aromatic heterocycles. The van der Waals surface area contributed by atoms with Gasteiger partial charge in [0.25, 0.3) is 0 Å². The first-order chi connectivity index (χ1) is 13.5. The quantitative estimate of drug-likeness (QED) is 0.206. The fourth-order valence-electron chi connectivity index (χ4n) is 2.86. The third-order valence-corrected chi connectivity index (χ3v) is 4.99. The van der Waals surface area contributed by atoms with Gasteiger partial charge in [0.15, 0.2) is 12.4 Å². The molecule has 0 bridgehead atoms. The van der Waals surface area contributed by atoms with E-state index in [0.29, 0.717) is 17.2 Å². The Morgan fingerprint density at radius 1 is 1.04 bits per heavy atom. The predicted molar refractivity (Wildman–Crippen MR) is 111 cm³/mol. The number of aliphatic imine (C=N–C) groups is 1. The molecule has 0 saturated carbocycles. The van der Waals surface area contributed by atoms with E-state index in [0.717, 1.165) is 16.7 Å². The van der Waals surface area contributed by atoms with Crippen LogP contribution in [0.4, 0.5) is 4.39 Å². The second kappa shape index (κ2) is 8.85. The number of hydrogen-bond donors (Lipinski definition) is 0. The highest BCUT2D eigenvalue weighted by molar-refractivity contribution is 7.77. The first-order valence-electron chi connectivity index (χ1n) is 8.99. The topological polar surface area (TPSA) is 33.3 Å². The second-order valence-corrected chi connectivity index (χ2v) is 7.09. The number of aromatic nitrogens is 1. The summed E-state index contributed by atoms with van der Waals surface area (Å²) in [4.78, 5) is 17.7. The Kier molecular flexibility index (Phi) is 6.26. The smallest absolute Gasteiger partial charge is 0.237 e. The van der Waals surface area contributed by atoms with Crippen molar-refractivity contribution in [2.45, 2.75) is 26.4 Å². The average molecular weight is 392 g/mol. The molecular weight excluding hydrogens is 371 g/mol. The number of ketones is 1. The molecule has 142 valence electrons. The molecule has 0 radical (unpaired) electrons. The molecule has 3 nitrogen and oxygen atoms in total. The van der Waals surface area contributed by atoms with Crippen molar-refractivity contribution in [3.63, 3.8) is 0 Å². The normalized spacial score (nSPS) is 12.6. The van der Waals surface area contributed by atoms with Crippen molar-refractivity contribution < 1.29 is 13.8 Å². The lowest BCUT2D eigenvalue weighted by atomic mass is 9.99. The Hall–Kier alpha value is -2.92. The fourth-order valence-corrected chi connectivity index (χ4v) is 3.15. The Labute approximate surface area is 170 Å². The highest BCUT2D eigenvalue weighted by Gasteiger charge is 2.28. The summed E-state index contributed by atoms with van der Waals surface area (Å²) in [7, 11) is 0. The van der Waals surface area contributed by atoms with Crippen molar-refractivity contribution >= 4 is 23.5 Å². The van der Waals surface area contributed by atoms with Crippen LogP contribution in [-0.2, 0) is 19.2 Å². The number of hydrogen-bond acceptors (Lipinski definition) is 3. The van der Waals surface area contributed by atoms with E-state index in [2.05, 4.69) is 4.99 Å². The number of benzene rings is 2. The van der Waals surface area contributed by atoms with Crippen molar-refractivity contribution in [3.05, 3.63) is 101 Å². The largest absolute Gasteiger partial charge is 0.758 e. The van der Waals surface area contributed by atoms with Gasteiger partial charge in [0.2, 0.25) is 11.8 Å². The van der Waals surface area contributed by atoms with Crippen LogP contribution in [0.3, 0.4) is 0 Å². The minimum absolute atomic E-state index is 0.104. The first-order valence-corrected chi connectivity index (χ1v) is 9.39. The summed E-state index contributed by atoms with van der Waals surface area (Å²) in [6.07, 6.45) is 3.62. The molecule has 2 aromatic carbocycles. The van der Waals surface area contributed by atoms with Gasteiger partial charge in [0.1, 0.15) is 5.82 Å². The Morgan fingerprint density at radius 2 is 1.71 bits per heavy atom. The Bertz CT molecular complexity index is 1000. The van der Waals surface area contributed by atoms with Crippen molar-refractivity contribution in [2.24, 2.45) is 4.99 Å². The van der Waals surface area contributed by atoms with E-state index in [1.807, 2.05) is 62.6 Å². The lowest BCUT2D eigenvalue weighted by Crippen LogP contribution is -2.47. The molecule has 3 rings (SSSR count). The maximum absolute atomic E-state index is 13.3. The summed E-state index contributed by atoms with van der Waals surface area (Å²) in [5.74, 6) is -0.402. The summed E-state index contributed by atoms with van der Waals surface area (Å²) in [5, 5.41) is 0.295. The van der Waals surface area contributed by atoms with Crippen molar-refractivity contribution in [1.29, 1.82) is 0 Å². The minimum Gasteiger partial charge on any atom is -0.758 e. The van der Waals surface area contributed by atoms with Gasteiger partial charge in [-0.15, -0.1) is 0 Å². The van der Waals surface area contributed by atoms with E-state index in [-0.39, 0.29) is 11.6 Å². The van der Waals surface area contributed by atoms with Gasteiger partial charge < -0.3 is 17.6 Å². The standard InChI is InChI=1S/C23H21FN2OS/c1-16-6-9-19(14-17(16)2)22(27)21(26-12-4-3-5-13-26)23(28)25-15-18-7-10-20(24)11-8-18/h3-14,21H,15H2,1-2H3/t21-/m0/s1. The fraction of sp³-hybridized carbons (Fsp3) is 0.174. The first kappa shape index (κ1) is 19.8. The van der Waals surface area contributed by atoms with Gasteiger partial charge in [0.05, 0.1) is 6.54 Å². The number of halogens is 1. The van der Waals surface area contributed by atoms with Gasteiger partial charge >= 0.3 is 0 Å². The molecule has 0 fully saturated rings. The number of Topliss-reactive ketones (excluding diaryl/α,β-unsaturated/α-hetero) is 1. The zero-order valence-corrected chi connectivity index (χ0v) is 16.6. The zero-order valence-electron chi connectivity index (χ0n) is 15.8. The van der Waals surface area contributed by atoms with E-state index >= 15 is 0 Å². The van der Waals surface area contributed by atoms with E-state index in [1.165, 1.54) is 12.1 Å². The van der Waals surface area contributed by atoms with Crippen LogP contribution in [0.25, 0.3) is 0 Å². The van der Waals surface area contributed by atoms with Crippen LogP contribution >= 0.6 is 0 Å². The molecule has 1 atom stereocenters. The third kappa shape index (κ3) is 4.67. The van der Waals surface area contributed by atoms with Crippen LogP contribution in [0.15, 0.2) is 78.0 Å². The maximum Gasteiger partial charge on any atom is 0.237 e. The van der Waals surface area contributed by atoms with Gasteiger partial charge in [0, 0.05) is 17.7 Å². The van der Waals surface area contributed by atoms with Gasteiger partial charge in [-0.05, 0) is 53.8 Å².